The summed E-state index contributed by atoms with van der Waals surface area (Å²) in [7, 11) is 1.65. The molecule has 2 rings (SSSR count). The van der Waals surface area contributed by atoms with Gasteiger partial charge in [0.05, 0.1) is 12.6 Å². The van der Waals surface area contributed by atoms with Crippen LogP contribution in [0.3, 0.4) is 0 Å². The first-order chi connectivity index (χ1) is 8.13. The van der Waals surface area contributed by atoms with Gasteiger partial charge in [0.2, 0.25) is 0 Å². The molecule has 2 atom stereocenters. The summed E-state index contributed by atoms with van der Waals surface area (Å²) < 4.78 is 5.26. The lowest BCUT2D eigenvalue weighted by molar-refractivity contribution is 0.118. The SMILES string of the molecule is Cc1ccccc1CC1OC(=O)N(C)C1CO. The molecule has 1 aromatic rings. The van der Waals surface area contributed by atoms with E-state index in [0.29, 0.717) is 6.42 Å². The van der Waals surface area contributed by atoms with E-state index in [1.807, 2.05) is 31.2 Å². The highest BCUT2D eigenvalue weighted by molar-refractivity contribution is 5.70. The van der Waals surface area contributed by atoms with Gasteiger partial charge in [0.1, 0.15) is 6.10 Å². The summed E-state index contributed by atoms with van der Waals surface area (Å²) in [6.07, 6.45) is 0.0229. The topological polar surface area (TPSA) is 49.8 Å². The second kappa shape index (κ2) is 4.75. The molecule has 0 aromatic heterocycles. The molecular formula is C13H17NO3. The number of cyclic esters (lactones) is 1. The summed E-state index contributed by atoms with van der Waals surface area (Å²) in [5, 5.41) is 9.30. The molecule has 1 aromatic carbocycles. The fourth-order valence-corrected chi connectivity index (χ4v) is 2.15. The zero-order valence-electron chi connectivity index (χ0n) is 10.1. The van der Waals surface area contributed by atoms with E-state index in [4.69, 9.17) is 4.74 Å². The zero-order valence-corrected chi connectivity index (χ0v) is 10.1. The Morgan fingerprint density at radius 2 is 2.12 bits per heavy atom. The van der Waals surface area contributed by atoms with Gasteiger partial charge in [-0.2, -0.15) is 0 Å². The first-order valence-electron chi connectivity index (χ1n) is 5.72. The van der Waals surface area contributed by atoms with E-state index in [-0.39, 0.29) is 24.8 Å². The molecule has 1 amide bonds. The summed E-state index contributed by atoms with van der Waals surface area (Å²) in [6.45, 7) is 1.96. The van der Waals surface area contributed by atoms with Crippen molar-refractivity contribution >= 4 is 6.09 Å². The fourth-order valence-electron chi connectivity index (χ4n) is 2.15. The van der Waals surface area contributed by atoms with Gasteiger partial charge in [-0.3, -0.25) is 0 Å². The summed E-state index contributed by atoms with van der Waals surface area (Å²) in [5.41, 5.74) is 2.33. The lowest BCUT2D eigenvalue weighted by Crippen LogP contribution is -2.37. The number of rotatable bonds is 3. The van der Waals surface area contributed by atoms with Crippen LogP contribution in [0.4, 0.5) is 4.79 Å². The number of amides is 1. The molecule has 1 aliphatic heterocycles. The Bertz CT molecular complexity index is 419. The number of aliphatic hydroxyl groups excluding tert-OH is 1. The second-order valence-electron chi connectivity index (χ2n) is 4.41. The van der Waals surface area contributed by atoms with Crippen molar-refractivity contribution in [1.82, 2.24) is 4.90 Å². The van der Waals surface area contributed by atoms with Crippen molar-refractivity contribution in [2.24, 2.45) is 0 Å². The van der Waals surface area contributed by atoms with Gasteiger partial charge in [-0.15, -0.1) is 0 Å². The number of hydrogen-bond acceptors (Lipinski definition) is 3. The third kappa shape index (κ3) is 2.26. The molecule has 0 radical (unpaired) electrons. The van der Waals surface area contributed by atoms with Crippen molar-refractivity contribution in [3.63, 3.8) is 0 Å². The zero-order chi connectivity index (χ0) is 12.4. The van der Waals surface area contributed by atoms with Crippen LogP contribution < -0.4 is 0 Å². The third-order valence-electron chi connectivity index (χ3n) is 3.34. The Labute approximate surface area is 101 Å². The van der Waals surface area contributed by atoms with Crippen molar-refractivity contribution in [3.8, 4) is 0 Å². The maximum atomic E-state index is 11.4. The summed E-state index contributed by atoms with van der Waals surface area (Å²) in [6, 6.07) is 7.76. The van der Waals surface area contributed by atoms with Crippen LogP contribution in [-0.2, 0) is 11.2 Å². The number of aliphatic hydroxyl groups is 1. The van der Waals surface area contributed by atoms with Crippen LogP contribution >= 0.6 is 0 Å². The Hall–Kier alpha value is -1.55. The number of carbonyl (C=O) groups excluding carboxylic acids is 1. The first-order valence-corrected chi connectivity index (χ1v) is 5.72. The van der Waals surface area contributed by atoms with Crippen molar-refractivity contribution in [1.29, 1.82) is 0 Å². The molecule has 4 heteroatoms. The molecular weight excluding hydrogens is 218 g/mol. The highest BCUT2D eigenvalue weighted by atomic mass is 16.6. The van der Waals surface area contributed by atoms with Gasteiger partial charge >= 0.3 is 6.09 Å². The van der Waals surface area contributed by atoms with E-state index in [2.05, 4.69) is 0 Å². The van der Waals surface area contributed by atoms with Crippen LogP contribution in [0.1, 0.15) is 11.1 Å². The minimum absolute atomic E-state index is 0.0706. The highest BCUT2D eigenvalue weighted by Gasteiger charge is 2.38. The van der Waals surface area contributed by atoms with E-state index in [9.17, 15) is 9.90 Å². The molecule has 0 spiro atoms. The number of likely N-dealkylation sites (N-methyl/N-ethyl adjacent to an activating group) is 1. The number of benzene rings is 1. The molecule has 92 valence electrons. The van der Waals surface area contributed by atoms with E-state index in [0.717, 1.165) is 5.56 Å². The molecule has 1 saturated heterocycles. The van der Waals surface area contributed by atoms with Gasteiger partial charge in [-0.1, -0.05) is 24.3 Å². The van der Waals surface area contributed by atoms with Crippen molar-refractivity contribution in [2.45, 2.75) is 25.5 Å². The van der Waals surface area contributed by atoms with E-state index in [1.165, 1.54) is 10.5 Å². The van der Waals surface area contributed by atoms with Crippen LogP contribution in [0.5, 0.6) is 0 Å². The lowest BCUT2D eigenvalue weighted by Gasteiger charge is -2.19. The molecule has 1 N–H and O–H groups in total. The molecule has 0 saturated carbocycles. The minimum atomic E-state index is -0.359. The molecule has 17 heavy (non-hydrogen) atoms. The predicted octanol–water partition coefficient (Wildman–Crippen LogP) is 1.35. The predicted molar refractivity (Wildman–Crippen MR) is 63.8 cm³/mol. The van der Waals surface area contributed by atoms with Crippen molar-refractivity contribution in [3.05, 3.63) is 35.4 Å². The second-order valence-corrected chi connectivity index (χ2v) is 4.41. The van der Waals surface area contributed by atoms with Crippen LogP contribution in [0.25, 0.3) is 0 Å². The maximum absolute atomic E-state index is 11.4. The molecule has 0 aliphatic carbocycles. The van der Waals surface area contributed by atoms with Crippen LogP contribution in [-0.4, -0.2) is 41.9 Å². The molecule has 1 aliphatic rings. The van der Waals surface area contributed by atoms with Gasteiger partial charge in [0.25, 0.3) is 0 Å². The first kappa shape index (κ1) is 11.9. The third-order valence-corrected chi connectivity index (χ3v) is 3.34. The Morgan fingerprint density at radius 1 is 1.41 bits per heavy atom. The Kier molecular flexibility index (Phi) is 3.33. The average Bonchev–Trinajstić information content (AvgIpc) is 2.58. The molecule has 4 nitrogen and oxygen atoms in total. The van der Waals surface area contributed by atoms with Gasteiger partial charge in [-0.05, 0) is 18.1 Å². The summed E-state index contributed by atoms with van der Waals surface area (Å²) in [4.78, 5) is 12.9. The largest absolute Gasteiger partial charge is 0.443 e. The smallest absolute Gasteiger partial charge is 0.410 e. The van der Waals surface area contributed by atoms with Crippen LogP contribution in [0.15, 0.2) is 24.3 Å². The molecule has 1 fully saturated rings. The van der Waals surface area contributed by atoms with Crippen LogP contribution in [0.2, 0.25) is 0 Å². The van der Waals surface area contributed by atoms with Crippen LogP contribution in [0, 0.1) is 6.92 Å². The normalized spacial score (nSPS) is 23.9. The van der Waals surface area contributed by atoms with Gasteiger partial charge in [0.15, 0.2) is 0 Å². The monoisotopic (exact) mass is 235 g/mol. The highest BCUT2D eigenvalue weighted by Crippen LogP contribution is 2.22. The molecule has 2 unspecified atom stereocenters. The molecule has 1 heterocycles. The van der Waals surface area contributed by atoms with Gasteiger partial charge < -0.3 is 14.7 Å². The Morgan fingerprint density at radius 3 is 2.76 bits per heavy atom. The number of ether oxygens (including phenoxy) is 1. The quantitative estimate of drug-likeness (QED) is 0.860. The van der Waals surface area contributed by atoms with E-state index < -0.39 is 0 Å². The number of carbonyl (C=O) groups is 1. The van der Waals surface area contributed by atoms with Crippen molar-refractivity contribution in [2.75, 3.05) is 13.7 Å². The van der Waals surface area contributed by atoms with Gasteiger partial charge in [-0.25, -0.2) is 4.79 Å². The van der Waals surface area contributed by atoms with Crippen molar-refractivity contribution < 1.29 is 14.6 Å². The van der Waals surface area contributed by atoms with E-state index in [1.54, 1.807) is 7.05 Å². The van der Waals surface area contributed by atoms with Gasteiger partial charge in [0, 0.05) is 13.5 Å². The Balaban J connectivity index is 2.14. The average molecular weight is 235 g/mol. The summed E-state index contributed by atoms with van der Waals surface area (Å²) in [5.74, 6) is 0. The standard InChI is InChI=1S/C13H17NO3/c1-9-5-3-4-6-10(9)7-12-11(8-15)14(2)13(16)17-12/h3-6,11-12,15H,7-8H2,1-2H3. The lowest BCUT2D eigenvalue weighted by atomic mass is 9.99. The number of hydrogen-bond donors (Lipinski definition) is 1. The number of aryl methyl sites for hydroxylation is 1. The fraction of sp³-hybridized carbons (Fsp3) is 0.462. The number of nitrogens with zero attached hydrogens (tertiary/aromatic N) is 1. The van der Waals surface area contributed by atoms with E-state index >= 15 is 0 Å². The molecule has 0 bridgehead atoms. The minimum Gasteiger partial charge on any atom is -0.443 e. The summed E-state index contributed by atoms with van der Waals surface area (Å²) >= 11 is 0. The maximum Gasteiger partial charge on any atom is 0.410 e.